The van der Waals surface area contributed by atoms with E-state index in [0.29, 0.717) is 6.42 Å². The van der Waals surface area contributed by atoms with Gasteiger partial charge in [0.15, 0.2) is 0 Å². The van der Waals surface area contributed by atoms with Crippen LogP contribution in [0.3, 0.4) is 0 Å². The first-order valence-electron chi connectivity index (χ1n) is 9.30. The third-order valence-electron chi connectivity index (χ3n) is 4.69. The van der Waals surface area contributed by atoms with E-state index in [-0.39, 0.29) is 17.8 Å². The van der Waals surface area contributed by atoms with Gasteiger partial charge in [0.05, 0.1) is 5.69 Å². The lowest BCUT2D eigenvalue weighted by atomic mass is 10.1. The molecule has 0 saturated carbocycles. The van der Waals surface area contributed by atoms with Crippen molar-refractivity contribution in [2.45, 2.75) is 39.7 Å². The zero-order valence-electron chi connectivity index (χ0n) is 16.4. The number of benzene rings is 2. The lowest BCUT2D eigenvalue weighted by molar-refractivity contribution is 0.0742. The van der Waals surface area contributed by atoms with Gasteiger partial charge in [-0.3, -0.25) is 4.79 Å². The zero-order chi connectivity index (χ0) is 19.4. The second kappa shape index (κ2) is 8.16. The number of carbonyl (C=O) groups is 1. The average Bonchev–Trinajstić information content (AvgIpc) is 3.10. The first-order valence-corrected chi connectivity index (χ1v) is 9.30. The molecule has 0 fully saturated rings. The van der Waals surface area contributed by atoms with Gasteiger partial charge in [0, 0.05) is 19.5 Å². The fourth-order valence-corrected chi connectivity index (χ4v) is 2.86. The van der Waals surface area contributed by atoms with Gasteiger partial charge in [0.25, 0.3) is 5.91 Å². The van der Waals surface area contributed by atoms with Crippen LogP contribution in [-0.4, -0.2) is 38.7 Å². The van der Waals surface area contributed by atoms with E-state index < -0.39 is 0 Å². The van der Waals surface area contributed by atoms with Gasteiger partial charge in [-0.15, -0.1) is 5.10 Å². The third-order valence-corrected chi connectivity index (χ3v) is 4.69. The van der Waals surface area contributed by atoms with Crippen LogP contribution in [-0.2, 0) is 12.8 Å². The Bertz CT molecular complexity index is 915. The molecule has 0 unspecified atom stereocenters. The highest BCUT2D eigenvalue weighted by Gasteiger charge is 2.22. The predicted octanol–water partition coefficient (Wildman–Crippen LogP) is 3.84. The van der Waals surface area contributed by atoms with Gasteiger partial charge < -0.3 is 4.90 Å². The maximum absolute atomic E-state index is 12.7. The second-order valence-electron chi connectivity index (χ2n) is 7.10. The van der Waals surface area contributed by atoms with E-state index in [0.717, 1.165) is 23.5 Å². The summed E-state index contributed by atoms with van der Waals surface area (Å²) in [5, 5.41) is 4.55. The largest absolute Gasteiger partial charge is 0.337 e. The lowest BCUT2D eigenvalue weighted by Gasteiger charge is -2.19. The van der Waals surface area contributed by atoms with E-state index in [1.165, 1.54) is 5.56 Å². The van der Waals surface area contributed by atoms with Crippen LogP contribution in [0.15, 0.2) is 54.6 Å². The number of hydrogen-bond acceptors (Lipinski definition) is 3. The Morgan fingerprint density at radius 1 is 1.07 bits per heavy atom. The second-order valence-corrected chi connectivity index (χ2v) is 7.10. The van der Waals surface area contributed by atoms with Crippen molar-refractivity contribution in [1.82, 2.24) is 19.7 Å². The standard InChI is InChI=1S/C22H26N4O/c1-16(2)25(4)22(27)21-23-20(14-13-18-10-6-5-7-11-18)26(24-21)19-12-8-9-17(3)15-19/h5-12,15-16H,13-14H2,1-4H3. The molecule has 0 spiro atoms. The van der Waals surface area contributed by atoms with Gasteiger partial charge >= 0.3 is 0 Å². The Morgan fingerprint density at radius 2 is 1.81 bits per heavy atom. The summed E-state index contributed by atoms with van der Waals surface area (Å²) in [6.45, 7) is 6.00. The fourth-order valence-electron chi connectivity index (χ4n) is 2.86. The molecule has 0 N–H and O–H groups in total. The molecule has 5 nitrogen and oxygen atoms in total. The van der Waals surface area contributed by atoms with Crippen molar-refractivity contribution in [1.29, 1.82) is 0 Å². The van der Waals surface area contributed by atoms with Gasteiger partial charge in [-0.1, -0.05) is 42.5 Å². The molecule has 140 valence electrons. The van der Waals surface area contributed by atoms with E-state index in [4.69, 9.17) is 0 Å². The molecule has 0 atom stereocenters. The topological polar surface area (TPSA) is 51.0 Å². The van der Waals surface area contributed by atoms with Crippen LogP contribution >= 0.6 is 0 Å². The zero-order valence-corrected chi connectivity index (χ0v) is 16.4. The van der Waals surface area contributed by atoms with Gasteiger partial charge in [0.2, 0.25) is 5.82 Å². The van der Waals surface area contributed by atoms with E-state index in [1.807, 2.05) is 57.2 Å². The van der Waals surface area contributed by atoms with Crippen molar-refractivity contribution in [3.05, 3.63) is 77.4 Å². The molecule has 1 amide bonds. The summed E-state index contributed by atoms with van der Waals surface area (Å²) in [4.78, 5) is 19.0. The monoisotopic (exact) mass is 362 g/mol. The molecule has 1 aromatic heterocycles. The maximum atomic E-state index is 12.7. The Kier molecular flexibility index (Phi) is 5.69. The molecule has 0 aliphatic heterocycles. The van der Waals surface area contributed by atoms with Crippen molar-refractivity contribution in [3.63, 3.8) is 0 Å². The number of hydrogen-bond donors (Lipinski definition) is 0. The predicted molar refractivity (Wildman–Crippen MR) is 107 cm³/mol. The van der Waals surface area contributed by atoms with E-state index in [9.17, 15) is 4.79 Å². The summed E-state index contributed by atoms with van der Waals surface area (Å²) >= 11 is 0. The minimum atomic E-state index is -0.155. The average molecular weight is 362 g/mol. The van der Waals surface area contributed by atoms with Crippen LogP contribution < -0.4 is 0 Å². The smallest absolute Gasteiger partial charge is 0.293 e. The number of aryl methyl sites for hydroxylation is 3. The van der Waals surface area contributed by atoms with E-state index in [2.05, 4.69) is 28.3 Å². The quantitative estimate of drug-likeness (QED) is 0.669. The first kappa shape index (κ1) is 18.8. The minimum Gasteiger partial charge on any atom is -0.337 e. The van der Waals surface area contributed by atoms with Crippen molar-refractivity contribution < 1.29 is 4.79 Å². The Labute approximate surface area is 160 Å². The highest BCUT2D eigenvalue weighted by atomic mass is 16.2. The summed E-state index contributed by atoms with van der Waals surface area (Å²) in [6, 6.07) is 18.5. The molecule has 1 heterocycles. The van der Waals surface area contributed by atoms with Crippen molar-refractivity contribution in [2.24, 2.45) is 0 Å². The van der Waals surface area contributed by atoms with Gasteiger partial charge in [-0.25, -0.2) is 9.67 Å². The number of carbonyl (C=O) groups excluding carboxylic acids is 1. The first-order chi connectivity index (χ1) is 13.0. The molecule has 0 aliphatic rings. The molecule has 0 saturated heterocycles. The minimum absolute atomic E-state index is 0.0937. The summed E-state index contributed by atoms with van der Waals surface area (Å²) in [5.41, 5.74) is 3.31. The molecular formula is C22H26N4O. The van der Waals surface area contributed by atoms with Gasteiger partial charge in [-0.2, -0.15) is 0 Å². The normalized spacial score (nSPS) is 11.0. The lowest BCUT2D eigenvalue weighted by Crippen LogP contribution is -2.33. The molecular weight excluding hydrogens is 336 g/mol. The Balaban J connectivity index is 1.95. The number of amides is 1. The van der Waals surface area contributed by atoms with Crippen LogP contribution in [0.4, 0.5) is 0 Å². The Hall–Kier alpha value is -2.95. The maximum Gasteiger partial charge on any atom is 0.293 e. The van der Waals surface area contributed by atoms with Crippen molar-refractivity contribution in [2.75, 3.05) is 7.05 Å². The highest BCUT2D eigenvalue weighted by molar-refractivity contribution is 5.90. The molecule has 0 aliphatic carbocycles. The molecule has 3 aromatic rings. The van der Waals surface area contributed by atoms with Crippen LogP contribution in [0.2, 0.25) is 0 Å². The molecule has 2 aromatic carbocycles. The SMILES string of the molecule is Cc1cccc(-n2nc(C(=O)N(C)C(C)C)nc2CCc2ccccc2)c1. The molecule has 5 heteroatoms. The van der Waals surface area contributed by atoms with Gasteiger partial charge in [0.1, 0.15) is 5.82 Å². The summed E-state index contributed by atoms with van der Waals surface area (Å²) in [5.74, 6) is 0.887. The Morgan fingerprint density at radius 3 is 2.48 bits per heavy atom. The van der Waals surface area contributed by atoms with Crippen LogP contribution in [0.1, 0.15) is 41.4 Å². The molecule has 0 radical (unpaired) electrons. The van der Waals surface area contributed by atoms with Crippen LogP contribution in [0.5, 0.6) is 0 Å². The number of nitrogens with zero attached hydrogens (tertiary/aromatic N) is 4. The van der Waals surface area contributed by atoms with E-state index in [1.54, 1.807) is 16.6 Å². The fraction of sp³-hybridized carbons (Fsp3) is 0.318. The van der Waals surface area contributed by atoms with Crippen molar-refractivity contribution >= 4 is 5.91 Å². The summed E-state index contributed by atoms with van der Waals surface area (Å²) < 4.78 is 1.80. The van der Waals surface area contributed by atoms with Gasteiger partial charge in [-0.05, 0) is 50.5 Å². The van der Waals surface area contributed by atoms with Crippen molar-refractivity contribution in [3.8, 4) is 5.69 Å². The third kappa shape index (κ3) is 4.42. The summed E-state index contributed by atoms with van der Waals surface area (Å²) in [7, 11) is 1.78. The molecule has 3 rings (SSSR count). The highest BCUT2D eigenvalue weighted by Crippen LogP contribution is 2.15. The van der Waals surface area contributed by atoms with Crippen LogP contribution in [0, 0.1) is 6.92 Å². The number of rotatable bonds is 6. The van der Waals surface area contributed by atoms with E-state index >= 15 is 0 Å². The number of aromatic nitrogens is 3. The summed E-state index contributed by atoms with van der Waals surface area (Å²) in [6.07, 6.45) is 1.56. The van der Waals surface area contributed by atoms with Crippen LogP contribution in [0.25, 0.3) is 5.69 Å². The molecule has 27 heavy (non-hydrogen) atoms. The molecule has 0 bridgehead atoms.